The van der Waals surface area contributed by atoms with Gasteiger partial charge in [-0.3, -0.25) is 10.2 Å². The van der Waals surface area contributed by atoms with Gasteiger partial charge in [-0.05, 0) is 24.6 Å². The van der Waals surface area contributed by atoms with Crippen molar-refractivity contribution < 1.29 is 19.0 Å². The third-order valence-electron chi connectivity index (χ3n) is 5.53. The molecule has 1 aliphatic heterocycles. The highest BCUT2D eigenvalue weighted by molar-refractivity contribution is 6.54. The Kier molecular flexibility index (Phi) is 6.97. The van der Waals surface area contributed by atoms with Gasteiger partial charge in [0.05, 0.1) is 54.8 Å². The molecular weight excluding hydrogens is 470 g/mol. The van der Waals surface area contributed by atoms with Gasteiger partial charge in [-0.2, -0.15) is 0 Å². The molecule has 1 amide bonds. The maximum absolute atomic E-state index is 13.7. The number of halogens is 1. The summed E-state index contributed by atoms with van der Waals surface area (Å²) in [5, 5.41) is 11.6. The average Bonchev–Trinajstić information content (AvgIpc) is 3.27. The van der Waals surface area contributed by atoms with E-state index >= 15 is 0 Å². The number of allylic oxidation sites excluding steroid dienone is 1. The number of aromatic nitrogens is 2. The van der Waals surface area contributed by atoms with E-state index in [1.807, 2.05) is 31.2 Å². The Morgan fingerprint density at radius 3 is 2.54 bits per heavy atom. The van der Waals surface area contributed by atoms with Crippen LogP contribution in [0.25, 0.3) is 16.6 Å². The van der Waals surface area contributed by atoms with Crippen LogP contribution in [0.3, 0.4) is 0 Å². The molecule has 0 saturated carbocycles. The minimum absolute atomic E-state index is 0.0113. The Labute approximate surface area is 207 Å². The van der Waals surface area contributed by atoms with E-state index in [9.17, 15) is 4.79 Å². The molecule has 1 aromatic heterocycles. The highest BCUT2D eigenvalue weighted by Gasteiger charge is 2.36. The van der Waals surface area contributed by atoms with E-state index in [0.29, 0.717) is 40.6 Å². The smallest absolute Gasteiger partial charge is 0.264 e. The van der Waals surface area contributed by atoms with E-state index < -0.39 is 0 Å². The number of imidazole rings is 1. The molecule has 10 heteroatoms. The molecule has 0 fully saturated rings. The molecule has 3 N–H and O–H groups in total. The molecule has 0 unspecified atom stereocenters. The number of benzene rings is 2. The van der Waals surface area contributed by atoms with Crippen LogP contribution in [0.1, 0.15) is 18.3 Å². The Hall–Kier alpha value is -3.98. The Morgan fingerprint density at radius 2 is 1.91 bits per heavy atom. The largest absolute Gasteiger partial charge is 0.497 e. The molecule has 9 nitrogen and oxygen atoms in total. The Balaban J connectivity index is 1.78. The van der Waals surface area contributed by atoms with Crippen LogP contribution in [-0.4, -0.2) is 54.4 Å². The van der Waals surface area contributed by atoms with E-state index in [1.165, 1.54) is 4.90 Å². The van der Waals surface area contributed by atoms with E-state index in [1.54, 1.807) is 39.6 Å². The number of amides is 1. The lowest BCUT2D eigenvalue weighted by Gasteiger charge is -2.31. The van der Waals surface area contributed by atoms with Gasteiger partial charge in [0.2, 0.25) is 0 Å². The molecule has 0 radical (unpaired) electrons. The maximum atomic E-state index is 13.7. The number of hydrogen-bond donors (Lipinski definition) is 3. The van der Waals surface area contributed by atoms with Crippen molar-refractivity contribution in [2.24, 2.45) is 0 Å². The predicted molar refractivity (Wildman–Crippen MR) is 135 cm³/mol. The molecule has 1 aliphatic rings. The second-order valence-corrected chi connectivity index (χ2v) is 8.04. The number of methoxy groups -OCH3 is 2. The van der Waals surface area contributed by atoms with E-state index in [-0.39, 0.29) is 34.6 Å². The molecule has 0 bridgehead atoms. The molecule has 2 aromatic carbocycles. The molecule has 0 saturated heterocycles. The second-order valence-electron chi connectivity index (χ2n) is 7.66. The Morgan fingerprint density at radius 1 is 1.17 bits per heavy atom. The van der Waals surface area contributed by atoms with Crippen molar-refractivity contribution in [1.82, 2.24) is 20.2 Å². The van der Waals surface area contributed by atoms with Crippen molar-refractivity contribution in [2.45, 2.75) is 13.5 Å². The van der Waals surface area contributed by atoms with Gasteiger partial charge in [0.25, 0.3) is 5.91 Å². The highest BCUT2D eigenvalue weighted by atomic mass is 35.5. The summed E-state index contributed by atoms with van der Waals surface area (Å²) in [4.78, 5) is 23.0. The fraction of sp³-hybridized carbons (Fsp3) is 0.240. The number of nitrogens with zero attached hydrogens (tertiary/aromatic N) is 2. The van der Waals surface area contributed by atoms with Crippen molar-refractivity contribution in [3.63, 3.8) is 0 Å². The number of ether oxygens (including phenoxy) is 3. The first-order valence-electron chi connectivity index (χ1n) is 10.9. The summed E-state index contributed by atoms with van der Waals surface area (Å²) in [6.45, 7) is 2.58. The van der Waals surface area contributed by atoms with Gasteiger partial charge in [-0.1, -0.05) is 23.7 Å². The van der Waals surface area contributed by atoms with Crippen molar-refractivity contribution in [2.75, 3.05) is 27.9 Å². The first kappa shape index (κ1) is 24.2. The van der Waals surface area contributed by atoms with Crippen LogP contribution in [0, 0.1) is 5.41 Å². The molecule has 0 spiro atoms. The third-order valence-corrected chi connectivity index (χ3v) is 5.91. The number of hydrogen-bond acceptors (Lipinski definition) is 7. The summed E-state index contributed by atoms with van der Waals surface area (Å²) in [6.07, 6.45) is 1.58. The standard InChI is InChI=1S/C25H26ClN5O4/c1-5-35-20-11-17-16(10-19(20)34-4)29-24(30-17)21-22(26)23(27)18(12-28-2)31(25(21)32)13-14-6-8-15(33-3)9-7-14/h6-12,27-28H,5,13H2,1-4H3,(H,29,30)/b18-12+,27-23?. The van der Waals surface area contributed by atoms with Gasteiger partial charge in [0, 0.05) is 25.4 Å². The van der Waals surface area contributed by atoms with Gasteiger partial charge >= 0.3 is 0 Å². The monoisotopic (exact) mass is 495 g/mol. The number of H-pyrrole nitrogens is 1. The van der Waals surface area contributed by atoms with Gasteiger partial charge in [0.1, 0.15) is 17.1 Å². The molecular formula is C25H26ClN5O4. The summed E-state index contributed by atoms with van der Waals surface area (Å²) in [5.41, 5.74) is 2.58. The number of rotatable bonds is 8. The van der Waals surface area contributed by atoms with Gasteiger partial charge in [-0.15, -0.1) is 0 Å². The predicted octanol–water partition coefficient (Wildman–Crippen LogP) is 4.05. The van der Waals surface area contributed by atoms with E-state index in [2.05, 4.69) is 15.3 Å². The summed E-state index contributed by atoms with van der Waals surface area (Å²) < 4.78 is 16.3. The normalized spacial score (nSPS) is 15.2. The van der Waals surface area contributed by atoms with Crippen molar-refractivity contribution in [3.05, 3.63) is 64.7 Å². The summed E-state index contributed by atoms with van der Waals surface area (Å²) in [7, 11) is 4.85. The van der Waals surface area contributed by atoms with Crippen LogP contribution in [0.5, 0.6) is 17.2 Å². The topological polar surface area (TPSA) is 113 Å². The van der Waals surface area contributed by atoms with Crippen molar-refractivity contribution >= 4 is 39.8 Å². The first-order chi connectivity index (χ1) is 16.9. The number of fused-ring (bicyclic) bond motifs is 1. The Bertz CT molecular complexity index is 1340. The lowest BCUT2D eigenvalue weighted by molar-refractivity contribution is -0.123. The molecule has 0 aliphatic carbocycles. The molecule has 3 aromatic rings. The van der Waals surface area contributed by atoms with Crippen LogP contribution in [0.2, 0.25) is 0 Å². The second kappa shape index (κ2) is 10.1. The van der Waals surface area contributed by atoms with Crippen molar-refractivity contribution in [3.8, 4) is 17.2 Å². The number of carbonyl (C=O) groups excluding carboxylic acids is 1. The SMILES string of the molecule is CCOc1cc2[nH]c(C3=C(Cl)C(=N)/C(=C\NC)N(Cc4ccc(OC)cc4)C3=O)nc2cc1OC. The first-order valence-corrected chi connectivity index (χ1v) is 11.3. The fourth-order valence-electron chi connectivity index (χ4n) is 3.84. The van der Waals surface area contributed by atoms with Crippen LogP contribution in [-0.2, 0) is 11.3 Å². The summed E-state index contributed by atoms with van der Waals surface area (Å²) in [5.74, 6) is 1.68. The van der Waals surface area contributed by atoms with E-state index in [4.69, 9.17) is 31.2 Å². The zero-order valence-electron chi connectivity index (χ0n) is 19.9. The highest BCUT2D eigenvalue weighted by Crippen LogP contribution is 2.36. The van der Waals surface area contributed by atoms with Crippen LogP contribution >= 0.6 is 11.6 Å². The summed E-state index contributed by atoms with van der Waals surface area (Å²) >= 11 is 6.58. The lowest BCUT2D eigenvalue weighted by atomic mass is 10.0. The maximum Gasteiger partial charge on any atom is 0.264 e. The zero-order valence-corrected chi connectivity index (χ0v) is 20.6. The van der Waals surface area contributed by atoms with Crippen LogP contribution in [0.4, 0.5) is 0 Å². The quantitative estimate of drug-likeness (QED) is 0.434. The molecule has 4 rings (SSSR count). The molecule has 182 valence electrons. The average molecular weight is 496 g/mol. The van der Waals surface area contributed by atoms with Gasteiger partial charge in [0.15, 0.2) is 11.5 Å². The number of nitrogens with one attached hydrogen (secondary N) is 3. The number of carbonyl (C=O) groups is 1. The molecule has 35 heavy (non-hydrogen) atoms. The number of aromatic amines is 1. The minimum atomic E-state index is -0.376. The molecule has 0 atom stereocenters. The van der Waals surface area contributed by atoms with Crippen LogP contribution < -0.4 is 19.5 Å². The molecule has 2 heterocycles. The minimum Gasteiger partial charge on any atom is -0.497 e. The lowest BCUT2D eigenvalue weighted by Crippen LogP contribution is -2.39. The zero-order chi connectivity index (χ0) is 25.1. The fourth-order valence-corrected chi connectivity index (χ4v) is 4.10. The third kappa shape index (κ3) is 4.54. The van der Waals surface area contributed by atoms with Crippen molar-refractivity contribution in [1.29, 1.82) is 5.41 Å². The van der Waals surface area contributed by atoms with Crippen LogP contribution in [0.15, 0.2) is 53.3 Å². The van der Waals surface area contributed by atoms with Gasteiger partial charge in [-0.25, -0.2) is 4.98 Å². The van der Waals surface area contributed by atoms with Gasteiger partial charge < -0.3 is 29.4 Å². The van der Waals surface area contributed by atoms with E-state index in [0.717, 1.165) is 5.56 Å². The summed E-state index contributed by atoms with van der Waals surface area (Å²) in [6, 6.07) is 10.9.